The summed E-state index contributed by atoms with van der Waals surface area (Å²) in [6.45, 7) is 6.49. The molecule has 0 fully saturated rings. The van der Waals surface area contributed by atoms with Gasteiger partial charge in [0.1, 0.15) is 16.9 Å². The van der Waals surface area contributed by atoms with E-state index < -0.39 is 24.0 Å². The third-order valence-corrected chi connectivity index (χ3v) is 4.45. The Morgan fingerprint density at radius 1 is 1.38 bits per heavy atom. The Morgan fingerprint density at radius 3 is 2.65 bits per heavy atom. The van der Waals surface area contributed by atoms with Gasteiger partial charge in [0.05, 0.1) is 13.2 Å². The zero-order valence-electron chi connectivity index (χ0n) is 15.5. The van der Waals surface area contributed by atoms with Gasteiger partial charge in [0.2, 0.25) is 5.76 Å². The Balaban J connectivity index is 2.09. The van der Waals surface area contributed by atoms with E-state index in [4.69, 9.17) is 13.9 Å². The van der Waals surface area contributed by atoms with E-state index in [1.807, 2.05) is 13.8 Å². The van der Waals surface area contributed by atoms with Gasteiger partial charge in [-0.25, -0.2) is 4.79 Å². The zero-order valence-corrected chi connectivity index (χ0v) is 15.5. The molecule has 0 unspecified atom stereocenters. The molecule has 1 heterocycles. The van der Waals surface area contributed by atoms with Crippen molar-refractivity contribution < 1.29 is 23.5 Å². The van der Waals surface area contributed by atoms with Crippen LogP contribution in [0, 0.1) is 24.2 Å². The SMILES string of the molecule is COc1ccc2oc(C(=O)OCC(=O)N[C@@](C)(C#N)C(C)C)c(C)c2c1. The van der Waals surface area contributed by atoms with Crippen LogP contribution >= 0.6 is 0 Å². The van der Waals surface area contributed by atoms with E-state index in [2.05, 4.69) is 11.4 Å². The van der Waals surface area contributed by atoms with Gasteiger partial charge in [0, 0.05) is 10.9 Å². The average Bonchev–Trinajstić information content (AvgIpc) is 2.95. The summed E-state index contributed by atoms with van der Waals surface area (Å²) < 4.78 is 15.7. The van der Waals surface area contributed by atoms with Crippen molar-refractivity contribution in [3.63, 3.8) is 0 Å². The lowest BCUT2D eigenvalue weighted by molar-refractivity contribution is -0.125. The van der Waals surface area contributed by atoms with E-state index in [0.29, 0.717) is 16.9 Å². The van der Waals surface area contributed by atoms with E-state index >= 15 is 0 Å². The highest BCUT2D eigenvalue weighted by molar-refractivity contribution is 5.97. The first-order chi connectivity index (χ1) is 12.2. The quantitative estimate of drug-likeness (QED) is 0.797. The number of hydrogen-bond acceptors (Lipinski definition) is 6. The number of carbonyl (C=O) groups is 2. The number of carbonyl (C=O) groups excluding carboxylic acids is 2. The van der Waals surface area contributed by atoms with Crippen LogP contribution in [0.2, 0.25) is 0 Å². The predicted octanol–water partition coefficient (Wildman–Crippen LogP) is 2.96. The first kappa shape index (κ1) is 19.3. The van der Waals surface area contributed by atoms with Gasteiger partial charge in [-0.1, -0.05) is 13.8 Å². The van der Waals surface area contributed by atoms with Crippen LogP contribution in [-0.2, 0) is 9.53 Å². The molecule has 0 bridgehead atoms. The molecule has 1 amide bonds. The van der Waals surface area contributed by atoms with E-state index in [9.17, 15) is 14.9 Å². The molecule has 1 N–H and O–H groups in total. The second-order valence-corrected chi connectivity index (χ2v) is 6.51. The summed E-state index contributed by atoms with van der Waals surface area (Å²) in [6, 6.07) is 7.25. The van der Waals surface area contributed by atoms with Crippen LogP contribution in [0.4, 0.5) is 0 Å². The summed E-state index contributed by atoms with van der Waals surface area (Å²) in [6.07, 6.45) is 0. The van der Waals surface area contributed by atoms with E-state index in [1.165, 1.54) is 0 Å². The maximum absolute atomic E-state index is 12.3. The number of amides is 1. The monoisotopic (exact) mass is 358 g/mol. The summed E-state index contributed by atoms with van der Waals surface area (Å²) in [5.74, 6) is -0.708. The van der Waals surface area contributed by atoms with E-state index in [1.54, 1.807) is 39.2 Å². The molecule has 26 heavy (non-hydrogen) atoms. The number of aryl methyl sites for hydroxylation is 1. The third-order valence-electron chi connectivity index (χ3n) is 4.45. The number of methoxy groups -OCH3 is 1. The average molecular weight is 358 g/mol. The standard InChI is InChI=1S/C19H22N2O5/c1-11(2)19(4,10-20)21-16(22)9-25-18(23)17-12(3)14-8-13(24-5)6-7-15(14)26-17/h6-8,11H,9H2,1-5H3,(H,21,22)/t19-/m0/s1. The second-order valence-electron chi connectivity index (χ2n) is 6.51. The lowest BCUT2D eigenvalue weighted by atomic mass is 9.90. The molecule has 138 valence electrons. The van der Waals surface area contributed by atoms with E-state index in [0.717, 1.165) is 5.39 Å². The van der Waals surface area contributed by atoms with Crippen molar-refractivity contribution in [1.82, 2.24) is 5.32 Å². The molecule has 1 aromatic heterocycles. The van der Waals surface area contributed by atoms with Crippen LogP contribution < -0.4 is 10.1 Å². The van der Waals surface area contributed by atoms with Crippen molar-refractivity contribution in [2.75, 3.05) is 13.7 Å². The van der Waals surface area contributed by atoms with Crippen molar-refractivity contribution in [3.05, 3.63) is 29.5 Å². The van der Waals surface area contributed by atoms with Crippen LogP contribution in [-0.4, -0.2) is 31.1 Å². The minimum atomic E-state index is -1.03. The molecule has 0 saturated carbocycles. The van der Waals surface area contributed by atoms with E-state index in [-0.39, 0.29) is 11.7 Å². The molecular weight excluding hydrogens is 336 g/mol. The normalized spacial score (nSPS) is 13.1. The molecule has 0 aliphatic rings. The van der Waals surface area contributed by atoms with Crippen LogP contribution in [0.1, 0.15) is 36.9 Å². The highest BCUT2D eigenvalue weighted by Crippen LogP contribution is 2.29. The lowest BCUT2D eigenvalue weighted by Crippen LogP contribution is -2.50. The lowest BCUT2D eigenvalue weighted by Gasteiger charge is -2.27. The number of furan rings is 1. The molecule has 0 spiro atoms. The molecule has 7 heteroatoms. The number of nitrogens with zero attached hydrogens (tertiary/aromatic N) is 1. The summed E-state index contributed by atoms with van der Waals surface area (Å²) in [4.78, 5) is 24.3. The largest absolute Gasteiger partial charge is 0.497 e. The number of ether oxygens (including phenoxy) is 2. The maximum Gasteiger partial charge on any atom is 0.375 e. The highest BCUT2D eigenvalue weighted by atomic mass is 16.5. The van der Waals surface area contributed by atoms with Gasteiger partial charge in [-0.05, 0) is 38.0 Å². The molecule has 1 atom stereocenters. The number of nitrogens with one attached hydrogen (secondary N) is 1. The number of esters is 1. The number of fused-ring (bicyclic) bond motifs is 1. The molecule has 0 radical (unpaired) electrons. The summed E-state index contributed by atoms with van der Waals surface area (Å²) in [7, 11) is 1.55. The number of benzene rings is 1. The first-order valence-corrected chi connectivity index (χ1v) is 8.18. The van der Waals surface area contributed by atoms with Crippen LogP contribution in [0.3, 0.4) is 0 Å². The Labute approximate surface area is 151 Å². The fourth-order valence-electron chi connectivity index (χ4n) is 2.35. The molecule has 2 rings (SSSR count). The van der Waals surface area contributed by atoms with Gasteiger partial charge in [0.15, 0.2) is 6.61 Å². The number of rotatable bonds is 6. The molecule has 1 aromatic carbocycles. The minimum Gasteiger partial charge on any atom is -0.497 e. The molecule has 7 nitrogen and oxygen atoms in total. The third kappa shape index (κ3) is 3.80. The number of nitriles is 1. The van der Waals surface area contributed by atoms with Crippen molar-refractivity contribution in [2.24, 2.45) is 5.92 Å². The van der Waals surface area contributed by atoms with Crippen molar-refractivity contribution >= 4 is 22.8 Å². The Hall–Kier alpha value is -3.01. The fourth-order valence-corrected chi connectivity index (χ4v) is 2.35. The molecule has 0 aliphatic heterocycles. The Morgan fingerprint density at radius 2 is 2.08 bits per heavy atom. The second kappa shape index (κ2) is 7.48. The Kier molecular flexibility index (Phi) is 5.56. The van der Waals surface area contributed by atoms with Gasteiger partial charge >= 0.3 is 5.97 Å². The van der Waals surface area contributed by atoms with Gasteiger partial charge < -0.3 is 19.2 Å². The molecule has 0 aliphatic carbocycles. The zero-order chi connectivity index (χ0) is 19.5. The summed E-state index contributed by atoms with van der Waals surface area (Å²) >= 11 is 0. The number of hydrogen-bond donors (Lipinski definition) is 1. The van der Waals surface area contributed by atoms with Gasteiger partial charge in [-0.2, -0.15) is 5.26 Å². The topological polar surface area (TPSA) is 102 Å². The highest BCUT2D eigenvalue weighted by Gasteiger charge is 2.30. The Bertz CT molecular complexity index is 878. The van der Waals surface area contributed by atoms with Crippen LogP contribution in [0.5, 0.6) is 5.75 Å². The first-order valence-electron chi connectivity index (χ1n) is 8.18. The van der Waals surface area contributed by atoms with Crippen molar-refractivity contribution in [2.45, 2.75) is 33.2 Å². The summed E-state index contributed by atoms with van der Waals surface area (Å²) in [5, 5.41) is 12.5. The van der Waals surface area contributed by atoms with Crippen LogP contribution in [0.15, 0.2) is 22.6 Å². The fraction of sp³-hybridized carbons (Fsp3) is 0.421. The smallest absolute Gasteiger partial charge is 0.375 e. The molecule has 0 saturated heterocycles. The minimum absolute atomic E-state index is 0.0351. The van der Waals surface area contributed by atoms with Crippen molar-refractivity contribution in [3.8, 4) is 11.8 Å². The van der Waals surface area contributed by atoms with Gasteiger partial charge in [0.25, 0.3) is 5.91 Å². The predicted molar refractivity (Wildman–Crippen MR) is 94.8 cm³/mol. The maximum atomic E-state index is 12.3. The van der Waals surface area contributed by atoms with Gasteiger partial charge in [-0.3, -0.25) is 4.79 Å². The molecule has 2 aromatic rings. The van der Waals surface area contributed by atoms with Crippen molar-refractivity contribution in [1.29, 1.82) is 5.26 Å². The van der Waals surface area contributed by atoms with Crippen LogP contribution in [0.25, 0.3) is 11.0 Å². The molecular formula is C19H22N2O5. The summed E-state index contributed by atoms with van der Waals surface area (Å²) in [5.41, 5.74) is 0.0971. The van der Waals surface area contributed by atoms with Gasteiger partial charge in [-0.15, -0.1) is 0 Å².